The van der Waals surface area contributed by atoms with E-state index < -0.39 is 17.2 Å². The smallest absolute Gasteiger partial charge is 0.411 e. The van der Waals surface area contributed by atoms with Gasteiger partial charge in [-0.1, -0.05) is 22.0 Å². The zero-order chi connectivity index (χ0) is 18.1. The first-order chi connectivity index (χ1) is 11.0. The quantitative estimate of drug-likeness (QED) is 0.832. The average Bonchev–Trinajstić information content (AvgIpc) is 2.43. The molecule has 1 N–H and O–H groups in total. The van der Waals surface area contributed by atoms with Gasteiger partial charge in [-0.05, 0) is 57.9 Å². The number of aryl methyl sites for hydroxylation is 1. The molecule has 1 aromatic carbocycles. The third-order valence-electron chi connectivity index (χ3n) is 4.16. The molecule has 1 aliphatic heterocycles. The first kappa shape index (κ1) is 18.8. The number of rotatable bonds is 2. The molecule has 132 valence electrons. The number of hydrogen-bond acceptors (Lipinski definition) is 3. The highest BCUT2D eigenvalue weighted by atomic mass is 79.9. The van der Waals surface area contributed by atoms with E-state index >= 15 is 0 Å². The number of ether oxygens (including phenoxy) is 1. The minimum Gasteiger partial charge on any atom is -0.444 e. The molecule has 0 spiro atoms. The molecule has 24 heavy (non-hydrogen) atoms. The maximum Gasteiger partial charge on any atom is 0.411 e. The van der Waals surface area contributed by atoms with Crippen LogP contribution in [0.25, 0.3) is 0 Å². The summed E-state index contributed by atoms with van der Waals surface area (Å²) < 4.78 is 6.50. The molecule has 2 rings (SSSR count). The van der Waals surface area contributed by atoms with Gasteiger partial charge in [-0.15, -0.1) is 0 Å². The highest BCUT2D eigenvalue weighted by Crippen LogP contribution is 2.28. The molecule has 1 atom stereocenters. The van der Waals surface area contributed by atoms with Gasteiger partial charge in [0.15, 0.2) is 0 Å². The number of benzene rings is 1. The van der Waals surface area contributed by atoms with Crippen LogP contribution in [-0.2, 0) is 16.0 Å². The Bertz CT molecular complexity index is 654. The first-order valence-corrected chi connectivity index (χ1v) is 8.86. The van der Waals surface area contributed by atoms with Crippen LogP contribution in [0.1, 0.15) is 38.8 Å². The van der Waals surface area contributed by atoms with Crippen molar-refractivity contribution in [3.8, 4) is 0 Å². The fraction of sp³-hybridized carbons (Fsp3) is 0.556. The number of amides is 2. The van der Waals surface area contributed by atoms with Crippen LogP contribution < -0.4 is 5.32 Å². The molecule has 1 fully saturated rings. The second kappa shape index (κ2) is 6.75. The van der Waals surface area contributed by atoms with Crippen molar-refractivity contribution in [2.45, 2.75) is 52.2 Å². The number of carbonyl (C=O) groups is 2. The van der Waals surface area contributed by atoms with E-state index in [-0.39, 0.29) is 5.91 Å². The van der Waals surface area contributed by atoms with Crippen molar-refractivity contribution >= 4 is 27.9 Å². The van der Waals surface area contributed by atoms with Crippen LogP contribution in [0, 0.1) is 6.92 Å². The molecule has 1 saturated heterocycles. The lowest BCUT2D eigenvalue weighted by molar-refractivity contribution is -0.135. The number of carbonyl (C=O) groups excluding carboxylic acids is 2. The summed E-state index contributed by atoms with van der Waals surface area (Å²) in [6, 6.07) is 5.95. The molecule has 6 heteroatoms. The van der Waals surface area contributed by atoms with Crippen molar-refractivity contribution in [2.75, 3.05) is 13.1 Å². The standard InChI is InChI=1S/C18H25BrN2O3/c1-12-10-14(19)7-6-13(12)11-18(5)15(22)20-8-9-21(18)16(23)24-17(2,3)4/h6-7,10H,8-9,11H2,1-5H3,(H,20,22). The Morgan fingerprint density at radius 3 is 2.67 bits per heavy atom. The molecule has 1 unspecified atom stereocenters. The summed E-state index contributed by atoms with van der Waals surface area (Å²) in [5, 5.41) is 2.87. The second-order valence-corrected chi connectivity index (χ2v) is 8.32. The van der Waals surface area contributed by atoms with Gasteiger partial charge in [0.2, 0.25) is 5.91 Å². The van der Waals surface area contributed by atoms with Gasteiger partial charge in [-0.3, -0.25) is 9.69 Å². The molecule has 0 bridgehead atoms. The van der Waals surface area contributed by atoms with Crippen molar-refractivity contribution < 1.29 is 14.3 Å². The summed E-state index contributed by atoms with van der Waals surface area (Å²) in [7, 11) is 0. The molecular formula is C18H25BrN2O3. The third-order valence-corrected chi connectivity index (χ3v) is 4.65. The van der Waals surface area contributed by atoms with Gasteiger partial charge < -0.3 is 10.1 Å². The Morgan fingerprint density at radius 1 is 1.42 bits per heavy atom. The van der Waals surface area contributed by atoms with E-state index in [4.69, 9.17) is 4.74 Å². The summed E-state index contributed by atoms with van der Waals surface area (Å²) in [6.07, 6.45) is -0.00777. The van der Waals surface area contributed by atoms with Crippen molar-refractivity contribution in [1.29, 1.82) is 0 Å². The lowest BCUT2D eigenvalue weighted by atomic mass is 9.87. The van der Waals surface area contributed by atoms with Gasteiger partial charge in [0.1, 0.15) is 11.1 Å². The van der Waals surface area contributed by atoms with Crippen LogP contribution >= 0.6 is 15.9 Å². The molecule has 0 saturated carbocycles. The van der Waals surface area contributed by atoms with Crippen LogP contribution in [0.5, 0.6) is 0 Å². The molecule has 0 aliphatic carbocycles. The molecule has 1 aliphatic rings. The lowest BCUT2D eigenvalue weighted by Crippen LogP contribution is -2.66. The van der Waals surface area contributed by atoms with Crippen molar-refractivity contribution in [3.05, 3.63) is 33.8 Å². The third kappa shape index (κ3) is 4.09. The van der Waals surface area contributed by atoms with E-state index in [1.807, 2.05) is 45.9 Å². The minimum absolute atomic E-state index is 0.151. The molecule has 5 nitrogen and oxygen atoms in total. The van der Waals surface area contributed by atoms with Crippen LogP contribution in [0.2, 0.25) is 0 Å². The van der Waals surface area contributed by atoms with Crippen LogP contribution in [-0.4, -0.2) is 41.1 Å². The molecular weight excluding hydrogens is 372 g/mol. The van der Waals surface area contributed by atoms with E-state index in [2.05, 4.69) is 21.2 Å². The monoisotopic (exact) mass is 396 g/mol. The average molecular weight is 397 g/mol. The number of nitrogens with zero attached hydrogens (tertiary/aromatic N) is 1. The first-order valence-electron chi connectivity index (χ1n) is 8.07. The number of piperazine rings is 1. The van der Waals surface area contributed by atoms with Gasteiger partial charge in [0.25, 0.3) is 0 Å². The summed E-state index contributed by atoms with van der Waals surface area (Å²) in [6.45, 7) is 10.1. The Labute approximate surface area is 151 Å². The van der Waals surface area contributed by atoms with Crippen LogP contribution in [0.4, 0.5) is 4.79 Å². The Kier molecular flexibility index (Phi) is 5.28. The summed E-state index contributed by atoms with van der Waals surface area (Å²) >= 11 is 3.45. The number of halogens is 1. The van der Waals surface area contributed by atoms with Gasteiger partial charge in [-0.25, -0.2) is 4.79 Å². The van der Waals surface area contributed by atoms with Crippen LogP contribution in [0.15, 0.2) is 22.7 Å². The lowest BCUT2D eigenvalue weighted by Gasteiger charge is -2.44. The SMILES string of the molecule is Cc1cc(Br)ccc1CC1(C)C(=O)NCCN1C(=O)OC(C)(C)C. The van der Waals surface area contributed by atoms with Gasteiger partial charge in [0.05, 0.1) is 0 Å². The predicted molar refractivity (Wildman–Crippen MR) is 96.9 cm³/mol. The van der Waals surface area contributed by atoms with E-state index in [0.29, 0.717) is 19.5 Å². The fourth-order valence-corrected chi connectivity index (χ4v) is 3.33. The number of hydrogen-bond donors (Lipinski definition) is 1. The summed E-state index contributed by atoms with van der Waals surface area (Å²) in [5.74, 6) is -0.151. The predicted octanol–water partition coefficient (Wildman–Crippen LogP) is 3.43. The minimum atomic E-state index is -0.973. The molecule has 0 radical (unpaired) electrons. The maximum absolute atomic E-state index is 12.6. The fourth-order valence-electron chi connectivity index (χ4n) is 2.85. The maximum atomic E-state index is 12.6. The van der Waals surface area contributed by atoms with E-state index in [9.17, 15) is 9.59 Å². The largest absolute Gasteiger partial charge is 0.444 e. The van der Waals surface area contributed by atoms with Crippen LogP contribution in [0.3, 0.4) is 0 Å². The zero-order valence-electron chi connectivity index (χ0n) is 14.9. The van der Waals surface area contributed by atoms with E-state index in [1.165, 1.54) is 0 Å². The van der Waals surface area contributed by atoms with Gasteiger partial charge in [-0.2, -0.15) is 0 Å². The Hall–Kier alpha value is -1.56. The second-order valence-electron chi connectivity index (χ2n) is 7.41. The van der Waals surface area contributed by atoms with Crippen molar-refractivity contribution in [1.82, 2.24) is 10.2 Å². The van der Waals surface area contributed by atoms with Crippen molar-refractivity contribution in [2.24, 2.45) is 0 Å². The molecule has 0 aromatic heterocycles. The van der Waals surface area contributed by atoms with E-state index in [0.717, 1.165) is 15.6 Å². The number of nitrogens with one attached hydrogen (secondary N) is 1. The normalized spacial score (nSPS) is 21.4. The molecule has 1 heterocycles. The highest BCUT2D eigenvalue weighted by molar-refractivity contribution is 9.10. The van der Waals surface area contributed by atoms with Crippen molar-refractivity contribution in [3.63, 3.8) is 0 Å². The molecule has 2 amide bonds. The van der Waals surface area contributed by atoms with Gasteiger partial charge in [0, 0.05) is 24.0 Å². The Balaban J connectivity index is 2.32. The summed E-state index contributed by atoms with van der Waals surface area (Å²) in [4.78, 5) is 26.8. The summed E-state index contributed by atoms with van der Waals surface area (Å²) in [5.41, 5.74) is 0.540. The molecule has 1 aromatic rings. The Morgan fingerprint density at radius 2 is 2.08 bits per heavy atom. The van der Waals surface area contributed by atoms with Gasteiger partial charge >= 0.3 is 6.09 Å². The zero-order valence-corrected chi connectivity index (χ0v) is 16.5. The highest BCUT2D eigenvalue weighted by Gasteiger charge is 2.46. The van der Waals surface area contributed by atoms with E-state index in [1.54, 1.807) is 11.8 Å². The topological polar surface area (TPSA) is 58.6 Å².